The van der Waals surface area contributed by atoms with Gasteiger partial charge < -0.3 is 51.1 Å². The van der Waals surface area contributed by atoms with Gasteiger partial charge in [0.15, 0.2) is 29.3 Å². The Hall–Kier alpha value is -6.50. The van der Waals surface area contributed by atoms with Gasteiger partial charge in [0, 0.05) is 37.3 Å². The SMILES string of the molecule is NS(=O)(=O)c1cccc(NC(=O)N[C@@H]2CCN(c3nc(NCC(c4ccc(O)cc4)c4ccc(O)cc4)c4ncn([C@@H]5O[C@H](c6nnn(CCO)n6)[C@@H](O)[C@@H]5O)c4n3)C2)c1. The first-order valence-corrected chi connectivity index (χ1v) is 20.3. The molecule has 2 fully saturated rings. The first-order valence-electron chi connectivity index (χ1n) is 18.8. The average molecular weight is 844 g/mol. The number of nitrogens with zero attached hydrogens (tertiary/aromatic N) is 9. The van der Waals surface area contributed by atoms with Gasteiger partial charge in [0.1, 0.15) is 23.7 Å². The first kappa shape index (κ1) is 40.3. The smallest absolute Gasteiger partial charge is 0.319 e. The molecule has 0 aliphatic carbocycles. The molecule has 8 rings (SSSR count). The fraction of sp³-hybridized carbons (Fsp3) is 0.324. The third-order valence-electron chi connectivity index (χ3n) is 10.2. The molecule has 5 heterocycles. The second-order valence-electron chi connectivity index (χ2n) is 14.3. The molecule has 22 nitrogen and oxygen atoms in total. The summed E-state index contributed by atoms with van der Waals surface area (Å²) in [6, 6.07) is 18.2. The summed E-state index contributed by atoms with van der Waals surface area (Å²) in [5.41, 5.74) is 2.50. The van der Waals surface area contributed by atoms with Crippen LogP contribution in [0.3, 0.4) is 0 Å². The maximum absolute atomic E-state index is 13.0. The number of fused-ring (bicyclic) bond motifs is 1. The van der Waals surface area contributed by atoms with E-state index in [0.29, 0.717) is 24.3 Å². The summed E-state index contributed by atoms with van der Waals surface area (Å²) >= 11 is 0. The Morgan fingerprint density at radius 2 is 1.70 bits per heavy atom. The first-order chi connectivity index (χ1) is 28.8. The van der Waals surface area contributed by atoms with Crippen molar-refractivity contribution in [1.29, 1.82) is 0 Å². The van der Waals surface area contributed by atoms with E-state index < -0.39 is 40.6 Å². The number of aromatic nitrogens is 8. The number of carbonyl (C=O) groups is 1. The number of aliphatic hydroxyl groups is 3. The number of primary sulfonamides is 1. The van der Waals surface area contributed by atoms with Crippen molar-refractivity contribution >= 4 is 44.7 Å². The van der Waals surface area contributed by atoms with Crippen molar-refractivity contribution in [3.05, 3.63) is 96.1 Å². The summed E-state index contributed by atoms with van der Waals surface area (Å²) in [7, 11) is -3.98. The lowest BCUT2D eigenvalue weighted by Gasteiger charge is -2.22. The molecule has 5 atom stereocenters. The number of aromatic hydroxyl groups is 2. The number of urea groups is 1. The van der Waals surface area contributed by atoms with Crippen LogP contribution in [0.1, 0.15) is 41.6 Å². The highest BCUT2D eigenvalue weighted by Crippen LogP contribution is 2.39. The molecule has 3 aromatic heterocycles. The van der Waals surface area contributed by atoms with Gasteiger partial charge in [-0.3, -0.25) is 4.57 Å². The van der Waals surface area contributed by atoms with E-state index in [1.165, 1.54) is 35.2 Å². The van der Waals surface area contributed by atoms with E-state index in [9.17, 15) is 38.7 Å². The van der Waals surface area contributed by atoms with Gasteiger partial charge in [-0.2, -0.15) is 14.8 Å². The highest BCUT2D eigenvalue weighted by atomic mass is 32.2. The molecule has 0 bridgehead atoms. The lowest BCUT2D eigenvalue weighted by Crippen LogP contribution is -2.40. The number of sulfonamides is 1. The van der Waals surface area contributed by atoms with Crippen LogP contribution in [-0.2, 0) is 21.3 Å². The number of nitrogens with two attached hydrogens (primary N) is 1. The normalized spacial score (nSPS) is 20.6. The molecule has 0 unspecified atom stereocenters. The lowest BCUT2D eigenvalue weighted by molar-refractivity contribution is -0.0384. The zero-order chi connectivity index (χ0) is 42.1. The van der Waals surface area contributed by atoms with E-state index in [0.717, 1.165) is 15.9 Å². The molecular weight excluding hydrogens is 803 g/mol. The number of nitrogens with one attached hydrogen (secondary N) is 3. The molecule has 0 saturated carbocycles. The second-order valence-corrected chi connectivity index (χ2v) is 15.9. The quantitative estimate of drug-likeness (QED) is 0.0764. The van der Waals surface area contributed by atoms with Gasteiger partial charge in [0.25, 0.3) is 0 Å². The van der Waals surface area contributed by atoms with Gasteiger partial charge in [-0.05, 0) is 65.2 Å². The summed E-state index contributed by atoms with van der Waals surface area (Å²) in [6.45, 7) is 0.803. The number of phenols is 2. The van der Waals surface area contributed by atoms with Crippen LogP contribution in [0, 0.1) is 0 Å². The number of aliphatic hydroxyl groups excluding tert-OH is 3. The number of imidazole rings is 1. The van der Waals surface area contributed by atoms with Crippen LogP contribution in [0.25, 0.3) is 11.2 Å². The summed E-state index contributed by atoms with van der Waals surface area (Å²) in [6.07, 6.45) is -3.42. The van der Waals surface area contributed by atoms with Crippen molar-refractivity contribution in [2.24, 2.45) is 5.14 Å². The molecular formula is C37H41N13O9S. The molecule has 0 radical (unpaired) electrons. The van der Waals surface area contributed by atoms with Gasteiger partial charge in [0.05, 0.1) is 24.4 Å². The van der Waals surface area contributed by atoms with E-state index in [4.69, 9.17) is 19.8 Å². The minimum Gasteiger partial charge on any atom is -0.508 e. The average Bonchev–Trinajstić information content (AvgIpc) is 4.04. The summed E-state index contributed by atoms with van der Waals surface area (Å²) < 4.78 is 31.3. The molecule has 23 heteroatoms. The van der Waals surface area contributed by atoms with Crippen LogP contribution >= 0.6 is 0 Å². The minimum atomic E-state index is -3.98. The third kappa shape index (κ3) is 8.47. The van der Waals surface area contributed by atoms with Gasteiger partial charge in [-0.15, -0.1) is 10.2 Å². The molecule has 2 aliphatic rings. The number of benzene rings is 3. The number of hydrogen-bond donors (Lipinski definition) is 9. The largest absolute Gasteiger partial charge is 0.508 e. The molecule has 2 amide bonds. The van der Waals surface area contributed by atoms with Crippen molar-refractivity contribution in [2.75, 3.05) is 41.8 Å². The third-order valence-corrected chi connectivity index (χ3v) is 11.1. The van der Waals surface area contributed by atoms with E-state index in [2.05, 4.69) is 36.3 Å². The second kappa shape index (κ2) is 16.6. The Kier molecular flexibility index (Phi) is 11.2. The lowest BCUT2D eigenvalue weighted by atomic mass is 9.91. The van der Waals surface area contributed by atoms with Crippen LogP contribution in [0.4, 0.5) is 22.2 Å². The van der Waals surface area contributed by atoms with E-state index >= 15 is 0 Å². The van der Waals surface area contributed by atoms with Crippen LogP contribution in [-0.4, -0.2) is 124 Å². The Labute approximate surface area is 341 Å². The Morgan fingerprint density at radius 3 is 2.38 bits per heavy atom. The number of rotatable bonds is 13. The monoisotopic (exact) mass is 843 g/mol. The predicted octanol–water partition coefficient (Wildman–Crippen LogP) is 0.500. The van der Waals surface area contributed by atoms with Crippen molar-refractivity contribution in [2.45, 2.75) is 54.4 Å². The zero-order valence-electron chi connectivity index (χ0n) is 31.6. The van der Waals surface area contributed by atoms with E-state index in [1.54, 1.807) is 48.5 Å². The minimum absolute atomic E-state index is 0.00542. The number of tetrazole rings is 1. The fourth-order valence-electron chi connectivity index (χ4n) is 7.22. The number of carbonyl (C=O) groups excluding carboxylic acids is 1. The maximum Gasteiger partial charge on any atom is 0.319 e. The predicted molar refractivity (Wildman–Crippen MR) is 212 cm³/mol. The standard InChI is InChI=1S/C37H41N13O9S/c38-60(57,58)26-3-1-2-22(16-26)41-37(56)42-23-12-13-48(18-23)36-43-32(39-17-27(20-4-8-24(52)9-5-20)21-6-10-25(53)11-7-21)28-34(44-36)49(19-40-28)35-30(55)29(54)31(59-35)33-45-47-50(46-33)14-15-51/h1-11,16,19,23,27,29-31,35,51-55H,12-15,17-18H2,(H2,38,57,58)(H,39,43,44)(H2,41,42,56)/t23-,29+,30+,31+,35-/m1/s1. The maximum atomic E-state index is 13.0. The van der Waals surface area contributed by atoms with Crippen molar-refractivity contribution in [3.8, 4) is 11.5 Å². The molecule has 10 N–H and O–H groups in total. The molecule has 2 aliphatic heterocycles. The molecule has 3 aromatic carbocycles. The number of amides is 2. The number of phenolic OH excluding ortho intramolecular Hbond substituents is 2. The molecule has 0 spiro atoms. The summed E-state index contributed by atoms with van der Waals surface area (Å²) in [5, 5.41) is 77.9. The van der Waals surface area contributed by atoms with Crippen LogP contribution in [0.5, 0.6) is 11.5 Å². The topological polar surface area (TPSA) is 314 Å². The van der Waals surface area contributed by atoms with Crippen LogP contribution < -0.4 is 26.0 Å². The Balaban J connectivity index is 1.09. The number of anilines is 3. The van der Waals surface area contributed by atoms with E-state index in [-0.39, 0.29) is 77.7 Å². The Morgan fingerprint density at radius 1 is 0.983 bits per heavy atom. The molecule has 6 aromatic rings. The highest BCUT2D eigenvalue weighted by Gasteiger charge is 2.47. The fourth-order valence-corrected chi connectivity index (χ4v) is 7.78. The number of hydrogen-bond acceptors (Lipinski definition) is 17. The highest BCUT2D eigenvalue weighted by molar-refractivity contribution is 7.89. The van der Waals surface area contributed by atoms with E-state index in [1.807, 2.05) is 4.90 Å². The van der Waals surface area contributed by atoms with Crippen LogP contribution in [0.2, 0.25) is 0 Å². The van der Waals surface area contributed by atoms with Gasteiger partial charge in [-0.25, -0.2) is 23.3 Å². The van der Waals surface area contributed by atoms with Gasteiger partial charge in [-0.1, -0.05) is 30.3 Å². The van der Waals surface area contributed by atoms with Crippen LogP contribution in [0.15, 0.2) is 84.0 Å². The molecule has 2 saturated heterocycles. The summed E-state index contributed by atoms with van der Waals surface area (Å²) in [5.74, 6) is 0.481. The van der Waals surface area contributed by atoms with Gasteiger partial charge in [0.2, 0.25) is 21.8 Å². The molecule has 314 valence electrons. The summed E-state index contributed by atoms with van der Waals surface area (Å²) in [4.78, 5) is 30.2. The van der Waals surface area contributed by atoms with Crippen molar-refractivity contribution in [3.63, 3.8) is 0 Å². The van der Waals surface area contributed by atoms with Gasteiger partial charge >= 0.3 is 6.03 Å². The Bertz CT molecular complexity index is 2550. The molecule has 60 heavy (non-hydrogen) atoms. The van der Waals surface area contributed by atoms with Crippen molar-refractivity contribution in [1.82, 2.24) is 45.0 Å². The van der Waals surface area contributed by atoms with Crippen molar-refractivity contribution < 1.29 is 43.5 Å². The zero-order valence-corrected chi connectivity index (χ0v) is 32.4. The number of ether oxygens (including phenoxy) is 1.